The first-order valence-electron chi connectivity index (χ1n) is 7.77. The monoisotopic (exact) mass is 443 g/mol. The van der Waals surface area contributed by atoms with Crippen LogP contribution in [0.25, 0.3) is 0 Å². The molecule has 1 aromatic heterocycles. The second kappa shape index (κ2) is 7.18. The van der Waals surface area contributed by atoms with Crippen molar-refractivity contribution >= 4 is 39.3 Å². The first kappa shape index (κ1) is 19.2. The van der Waals surface area contributed by atoms with Crippen LogP contribution in [0.15, 0.2) is 22.8 Å². The zero-order valence-electron chi connectivity index (χ0n) is 13.9. The number of carbonyl (C=O) groups excluding carboxylic acids is 1. The van der Waals surface area contributed by atoms with E-state index in [2.05, 4.69) is 26.2 Å². The fourth-order valence-electron chi connectivity index (χ4n) is 2.65. The maximum absolute atomic E-state index is 14.4. The number of halogens is 4. The van der Waals surface area contributed by atoms with Crippen LogP contribution in [0.2, 0.25) is 0 Å². The second-order valence-corrected chi connectivity index (χ2v) is 7.01. The molecule has 1 aliphatic heterocycles. The lowest BCUT2D eigenvalue weighted by Crippen LogP contribution is -2.53. The summed E-state index contributed by atoms with van der Waals surface area (Å²) in [6, 6.07) is 2.26. The Kier molecular flexibility index (Phi) is 5.09. The number of aromatic nitrogens is 1. The quantitative estimate of drug-likeness (QED) is 0.706. The number of hydrogen-bond acceptors (Lipinski definition) is 4. The van der Waals surface area contributed by atoms with Gasteiger partial charge in [0.25, 0.3) is 5.91 Å². The Morgan fingerprint density at radius 3 is 2.52 bits per heavy atom. The standard InChI is InChI=1S/C17H13BrF3N3O3/c1-7-2-9(18)4-22-15(7)23-14-10(3-11(19)12(20)13(14)21)16(25)24-5-8(6-24)17(26)27/h2-4,8H,5-6H2,1H3,(H,22,23)(H,26,27). The number of nitrogens with zero attached hydrogens (tertiary/aromatic N) is 2. The van der Waals surface area contributed by atoms with E-state index in [9.17, 15) is 22.8 Å². The summed E-state index contributed by atoms with van der Waals surface area (Å²) in [6.07, 6.45) is 1.42. The first-order chi connectivity index (χ1) is 12.7. The molecule has 1 fully saturated rings. The highest BCUT2D eigenvalue weighted by Crippen LogP contribution is 2.31. The molecule has 1 saturated heterocycles. The van der Waals surface area contributed by atoms with Crippen molar-refractivity contribution in [1.29, 1.82) is 0 Å². The number of carboxylic acids is 1. The van der Waals surface area contributed by atoms with Crippen molar-refractivity contribution in [3.8, 4) is 0 Å². The molecule has 0 unspecified atom stereocenters. The third kappa shape index (κ3) is 3.61. The third-order valence-corrected chi connectivity index (χ3v) is 4.63. The first-order valence-corrected chi connectivity index (χ1v) is 8.57. The number of likely N-dealkylation sites (tertiary alicyclic amines) is 1. The van der Waals surface area contributed by atoms with Gasteiger partial charge in [-0.2, -0.15) is 0 Å². The van der Waals surface area contributed by atoms with Crippen LogP contribution in [0.1, 0.15) is 15.9 Å². The predicted molar refractivity (Wildman–Crippen MR) is 93.3 cm³/mol. The number of carboxylic acid groups (broad SMARTS) is 1. The Hall–Kier alpha value is -2.62. The average Bonchev–Trinajstić information content (AvgIpc) is 2.55. The van der Waals surface area contributed by atoms with Gasteiger partial charge in [-0.25, -0.2) is 18.2 Å². The minimum atomic E-state index is -1.73. The van der Waals surface area contributed by atoms with E-state index in [1.54, 1.807) is 13.0 Å². The largest absolute Gasteiger partial charge is 0.481 e. The molecule has 3 rings (SSSR count). The molecule has 1 aromatic carbocycles. The summed E-state index contributed by atoms with van der Waals surface area (Å²) in [7, 11) is 0. The van der Waals surface area contributed by atoms with E-state index >= 15 is 0 Å². The van der Waals surface area contributed by atoms with Crippen molar-refractivity contribution in [2.75, 3.05) is 18.4 Å². The summed E-state index contributed by atoms with van der Waals surface area (Å²) in [5, 5.41) is 11.4. The number of hydrogen-bond donors (Lipinski definition) is 2. The lowest BCUT2D eigenvalue weighted by Gasteiger charge is -2.37. The topological polar surface area (TPSA) is 82.5 Å². The van der Waals surface area contributed by atoms with Crippen molar-refractivity contribution in [2.45, 2.75) is 6.92 Å². The minimum absolute atomic E-state index is 0.0935. The summed E-state index contributed by atoms with van der Waals surface area (Å²) in [6.45, 7) is 1.47. The molecular formula is C17H13BrF3N3O3. The van der Waals surface area contributed by atoms with E-state index in [0.29, 0.717) is 16.1 Å². The van der Waals surface area contributed by atoms with Crippen molar-refractivity contribution in [1.82, 2.24) is 9.88 Å². The van der Waals surface area contributed by atoms with Crippen LogP contribution in [-0.2, 0) is 4.79 Å². The molecule has 27 heavy (non-hydrogen) atoms. The van der Waals surface area contributed by atoms with Gasteiger partial charge in [0.15, 0.2) is 17.5 Å². The molecule has 6 nitrogen and oxygen atoms in total. The van der Waals surface area contributed by atoms with Crippen LogP contribution in [0.5, 0.6) is 0 Å². The van der Waals surface area contributed by atoms with E-state index in [4.69, 9.17) is 5.11 Å². The van der Waals surface area contributed by atoms with Gasteiger partial charge in [-0.1, -0.05) is 0 Å². The number of aliphatic carboxylic acids is 1. The van der Waals surface area contributed by atoms with Crippen LogP contribution in [-0.4, -0.2) is 40.0 Å². The van der Waals surface area contributed by atoms with E-state index in [1.807, 2.05) is 0 Å². The van der Waals surface area contributed by atoms with Gasteiger partial charge >= 0.3 is 5.97 Å². The zero-order chi connectivity index (χ0) is 19.9. The SMILES string of the molecule is Cc1cc(Br)cnc1Nc1c(C(=O)N2CC(C(=O)O)C2)cc(F)c(F)c1F. The van der Waals surface area contributed by atoms with Crippen LogP contribution >= 0.6 is 15.9 Å². The van der Waals surface area contributed by atoms with Gasteiger partial charge in [0.05, 0.1) is 17.2 Å². The van der Waals surface area contributed by atoms with Gasteiger partial charge in [0.1, 0.15) is 5.82 Å². The van der Waals surface area contributed by atoms with Gasteiger partial charge < -0.3 is 15.3 Å². The number of anilines is 2. The van der Waals surface area contributed by atoms with Gasteiger partial charge in [-0.05, 0) is 40.5 Å². The van der Waals surface area contributed by atoms with E-state index in [-0.39, 0.29) is 18.9 Å². The molecule has 142 valence electrons. The number of amides is 1. The van der Waals surface area contributed by atoms with Gasteiger partial charge in [0, 0.05) is 23.8 Å². The van der Waals surface area contributed by atoms with Crippen molar-refractivity contribution < 1.29 is 27.9 Å². The smallest absolute Gasteiger partial charge is 0.310 e. The number of rotatable bonds is 4. The van der Waals surface area contributed by atoms with E-state index in [1.165, 1.54) is 6.20 Å². The van der Waals surface area contributed by atoms with Crippen molar-refractivity contribution in [3.05, 3.63) is 51.4 Å². The highest BCUT2D eigenvalue weighted by Gasteiger charge is 2.37. The molecule has 10 heteroatoms. The molecule has 0 aliphatic carbocycles. The maximum atomic E-state index is 14.4. The molecule has 0 bridgehead atoms. The number of benzene rings is 1. The summed E-state index contributed by atoms with van der Waals surface area (Å²) >= 11 is 3.23. The fraction of sp³-hybridized carbons (Fsp3) is 0.235. The van der Waals surface area contributed by atoms with Crippen LogP contribution in [0.4, 0.5) is 24.7 Å². The lowest BCUT2D eigenvalue weighted by atomic mass is 9.98. The second-order valence-electron chi connectivity index (χ2n) is 6.10. The predicted octanol–water partition coefficient (Wildman–Crippen LogP) is 3.47. The molecule has 0 spiro atoms. The van der Waals surface area contributed by atoms with E-state index in [0.717, 1.165) is 4.90 Å². The molecule has 2 N–H and O–H groups in total. The van der Waals surface area contributed by atoms with E-state index < -0.39 is 46.5 Å². The molecule has 1 aliphatic rings. The van der Waals surface area contributed by atoms with Crippen LogP contribution in [0, 0.1) is 30.3 Å². The Morgan fingerprint density at radius 1 is 1.26 bits per heavy atom. The molecule has 0 saturated carbocycles. The molecule has 0 atom stereocenters. The van der Waals surface area contributed by atoms with Crippen LogP contribution < -0.4 is 5.32 Å². The Balaban J connectivity index is 1.98. The molecule has 1 amide bonds. The number of nitrogens with one attached hydrogen (secondary N) is 1. The minimum Gasteiger partial charge on any atom is -0.481 e. The highest BCUT2D eigenvalue weighted by molar-refractivity contribution is 9.10. The maximum Gasteiger partial charge on any atom is 0.310 e. The number of carbonyl (C=O) groups is 2. The summed E-state index contributed by atoms with van der Waals surface area (Å²) in [4.78, 5) is 28.6. The summed E-state index contributed by atoms with van der Waals surface area (Å²) in [5.74, 6) is -7.25. The van der Waals surface area contributed by atoms with Crippen molar-refractivity contribution in [2.24, 2.45) is 5.92 Å². The highest BCUT2D eigenvalue weighted by atomic mass is 79.9. The molecule has 0 radical (unpaired) electrons. The summed E-state index contributed by atoms with van der Waals surface area (Å²) in [5.41, 5.74) is -0.434. The van der Waals surface area contributed by atoms with Crippen LogP contribution in [0.3, 0.4) is 0 Å². The Labute approximate surface area is 160 Å². The Bertz CT molecular complexity index is 949. The summed E-state index contributed by atoms with van der Waals surface area (Å²) < 4.78 is 42.5. The van der Waals surface area contributed by atoms with Crippen molar-refractivity contribution in [3.63, 3.8) is 0 Å². The average molecular weight is 444 g/mol. The number of pyridine rings is 1. The normalized spacial score (nSPS) is 14.0. The van der Waals surface area contributed by atoms with Gasteiger partial charge in [-0.15, -0.1) is 0 Å². The molecular weight excluding hydrogens is 431 g/mol. The number of aryl methyl sites for hydroxylation is 1. The third-order valence-electron chi connectivity index (χ3n) is 4.20. The molecule has 2 aromatic rings. The van der Waals surface area contributed by atoms with Gasteiger partial charge in [-0.3, -0.25) is 9.59 Å². The Morgan fingerprint density at radius 2 is 1.93 bits per heavy atom. The lowest BCUT2D eigenvalue weighted by molar-refractivity contribution is -0.146. The molecule has 2 heterocycles. The van der Waals surface area contributed by atoms with Gasteiger partial charge in [0.2, 0.25) is 0 Å². The fourth-order valence-corrected chi connectivity index (χ4v) is 3.09. The zero-order valence-corrected chi connectivity index (χ0v) is 15.5.